The zero-order valence-electron chi connectivity index (χ0n) is 17.2. The smallest absolute Gasteiger partial charge is 0.262 e. The lowest BCUT2D eigenvalue weighted by atomic mass is 9.61. The molecule has 1 amide bonds. The van der Waals surface area contributed by atoms with Gasteiger partial charge in [0, 0.05) is 25.3 Å². The van der Waals surface area contributed by atoms with E-state index in [9.17, 15) is 18.8 Å². The number of hydrogen-bond donors (Lipinski definition) is 1. The molecule has 3 aliphatic rings. The summed E-state index contributed by atoms with van der Waals surface area (Å²) >= 11 is 0. The minimum Gasteiger partial charge on any atom is -0.369 e. The Kier molecular flexibility index (Phi) is 4.04. The number of benzene rings is 2. The number of amides is 1. The normalized spacial score (nSPS) is 25.5. The van der Waals surface area contributed by atoms with Gasteiger partial charge >= 0.3 is 0 Å². The van der Waals surface area contributed by atoms with Crippen molar-refractivity contribution in [2.75, 3.05) is 7.05 Å². The number of halogens is 2. The number of likely N-dealkylation sites (N-methyl/N-ethyl adjacent to an activating group) is 1. The lowest BCUT2D eigenvalue weighted by molar-refractivity contribution is -0.140. The van der Waals surface area contributed by atoms with Gasteiger partial charge in [0.15, 0.2) is 11.5 Å². The maximum absolute atomic E-state index is 14.1. The lowest BCUT2D eigenvalue weighted by Crippen LogP contribution is -2.52. The van der Waals surface area contributed by atoms with Gasteiger partial charge in [-0.15, -0.1) is 0 Å². The Morgan fingerprint density at radius 1 is 1.10 bits per heavy atom. The van der Waals surface area contributed by atoms with Crippen LogP contribution in [0.3, 0.4) is 0 Å². The monoisotopic (exact) mass is 420 g/mol. The number of alkyl halides is 2. The molecule has 1 atom stereocenters. The molecule has 2 spiro atoms. The van der Waals surface area contributed by atoms with Crippen molar-refractivity contribution >= 4 is 11.9 Å². The molecule has 1 saturated carbocycles. The van der Waals surface area contributed by atoms with Gasteiger partial charge in [-0.05, 0) is 59.7 Å². The summed E-state index contributed by atoms with van der Waals surface area (Å²) in [4.78, 5) is 19.6. The van der Waals surface area contributed by atoms with Crippen LogP contribution in [0.25, 0.3) is 11.1 Å². The molecule has 31 heavy (non-hydrogen) atoms. The van der Waals surface area contributed by atoms with Crippen LogP contribution in [0.2, 0.25) is 0 Å². The molecule has 0 saturated heterocycles. The highest BCUT2D eigenvalue weighted by atomic mass is 19.3. The molecule has 1 unspecified atom stereocenters. The molecule has 1 heterocycles. The minimum absolute atomic E-state index is 0.117. The molecule has 1 fully saturated rings. The summed E-state index contributed by atoms with van der Waals surface area (Å²) in [6.07, 6.45) is 0.431. The standard InChI is InChI=1S/C24H22F2N4O/c1-30-20(31)24(29-21(30)28)19-12-17(16-4-2-3-15(11-16)14-27)5-6-18(19)13-22(24)7-9-23(25,26)10-8-22/h2-6,11-12H,7-10,13H2,1H3,(H2,28,29). The highest BCUT2D eigenvalue weighted by Crippen LogP contribution is 2.63. The van der Waals surface area contributed by atoms with E-state index < -0.39 is 16.9 Å². The zero-order valence-corrected chi connectivity index (χ0v) is 17.2. The summed E-state index contributed by atoms with van der Waals surface area (Å²) in [5, 5.41) is 9.24. The fourth-order valence-electron chi connectivity index (χ4n) is 5.59. The third-order valence-corrected chi connectivity index (χ3v) is 7.30. The average molecular weight is 420 g/mol. The second-order valence-corrected chi connectivity index (χ2v) is 8.92. The minimum atomic E-state index is -2.72. The molecule has 2 aliphatic carbocycles. The first-order chi connectivity index (χ1) is 14.7. The average Bonchev–Trinajstić information content (AvgIpc) is 3.17. The summed E-state index contributed by atoms with van der Waals surface area (Å²) in [5.74, 6) is -2.85. The van der Waals surface area contributed by atoms with E-state index in [1.807, 2.05) is 30.3 Å². The van der Waals surface area contributed by atoms with Gasteiger partial charge in [0.2, 0.25) is 5.92 Å². The number of nitrogens with zero attached hydrogens (tertiary/aromatic N) is 3. The van der Waals surface area contributed by atoms with Crippen molar-refractivity contribution in [3.05, 3.63) is 59.2 Å². The van der Waals surface area contributed by atoms with Crippen LogP contribution in [0.1, 0.15) is 42.4 Å². The Hall–Kier alpha value is -3.27. The Balaban J connectivity index is 1.69. The first-order valence-electron chi connectivity index (χ1n) is 10.4. The van der Waals surface area contributed by atoms with E-state index in [2.05, 4.69) is 11.1 Å². The second kappa shape index (κ2) is 6.36. The highest BCUT2D eigenvalue weighted by Gasteiger charge is 2.67. The quantitative estimate of drug-likeness (QED) is 0.758. The van der Waals surface area contributed by atoms with Crippen LogP contribution in [0, 0.1) is 16.7 Å². The molecule has 1 aliphatic heterocycles. The van der Waals surface area contributed by atoms with E-state index in [-0.39, 0.29) is 37.6 Å². The number of guanidine groups is 1. The van der Waals surface area contributed by atoms with Crippen molar-refractivity contribution in [2.45, 2.75) is 43.6 Å². The largest absolute Gasteiger partial charge is 0.369 e. The van der Waals surface area contributed by atoms with Crippen LogP contribution in [0.5, 0.6) is 0 Å². The number of nitrogens with two attached hydrogens (primary N) is 1. The van der Waals surface area contributed by atoms with Gasteiger partial charge in [0.05, 0.1) is 11.6 Å². The second-order valence-electron chi connectivity index (χ2n) is 8.92. The molecule has 2 aromatic carbocycles. The van der Waals surface area contributed by atoms with Crippen molar-refractivity contribution < 1.29 is 13.6 Å². The maximum Gasteiger partial charge on any atom is 0.262 e. The number of fused-ring (bicyclic) bond motifs is 3. The van der Waals surface area contributed by atoms with Crippen molar-refractivity contribution in [1.29, 1.82) is 5.26 Å². The number of hydrogen-bond acceptors (Lipinski definition) is 4. The molecule has 0 aromatic heterocycles. The van der Waals surface area contributed by atoms with Gasteiger partial charge in [0.25, 0.3) is 5.91 Å². The molecule has 5 nitrogen and oxygen atoms in total. The van der Waals surface area contributed by atoms with Crippen molar-refractivity contribution in [3.63, 3.8) is 0 Å². The predicted molar refractivity (Wildman–Crippen MR) is 112 cm³/mol. The molecule has 2 N–H and O–H groups in total. The SMILES string of the molecule is CN1C(=O)C2(N=C1N)c1cc(-c3cccc(C#N)c3)ccc1CC21CCC(F)(F)CC1. The molecule has 7 heteroatoms. The van der Waals surface area contributed by atoms with Gasteiger partial charge in [-0.3, -0.25) is 9.69 Å². The summed E-state index contributed by atoms with van der Waals surface area (Å²) in [5.41, 5.74) is 8.03. The van der Waals surface area contributed by atoms with Gasteiger partial charge in [-0.1, -0.05) is 24.3 Å². The number of nitriles is 1. The fourth-order valence-corrected chi connectivity index (χ4v) is 5.59. The molecule has 158 valence electrons. The molecular weight excluding hydrogens is 398 g/mol. The molecule has 0 radical (unpaired) electrons. The van der Waals surface area contributed by atoms with E-state index in [1.165, 1.54) is 4.90 Å². The Morgan fingerprint density at radius 2 is 1.81 bits per heavy atom. The van der Waals surface area contributed by atoms with Crippen molar-refractivity contribution in [1.82, 2.24) is 4.90 Å². The Labute approximate surface area is 179 Å². The fraction of sp³-hybridized carbons (Fsp3) is 0.375. The van der Waals surface area contributed by atoms with Crippen molar-refractivity contribution in [3.8, 4) is 17.2 Å². The predicted octanol–water partition coefficient (Wildman–Crippen LogP) is 3.96. The summed E-state index contributed by atoms with van der Waals surface area (Å²) < 4.78 is 28.1. The number of rotatable bonds is 1. The van der Waals surface area contributed by atoms with Gasteiger partial charge in [0.1, 0.15) is 0 Å². The van der Waals surface area contributed by atoms with E-state index in [0.29, 0.717) is 12.0 Å². The molecular formula is C24H22F2N4O. The summed E-state index contributed by atoms with van der Waals surface area (Å²) in [7, 11) is 1.58. The first-order valence-corrected chi connectivity index (χ1v) is 10.4. The van der Waals surface area contributed by atoms with Crippen LogP contribution in [-0.4, -0.2) is 29.7 Å². The van der Waals surface area contributed by atoms with Crippen LogP contribution in [0.15, 0.2) is 47.5 Å². The van der Waals surface area contributed by atoms with E-state index >= 15 is 0 Å². The van der Waals surface area contributed by atoms with Crippen LogP contribution in [-0.2, 0) is 16.8 Å². The maximum atomic E-state index is 14.1. The first kappa shape index (κ1) is 19.7. The zero-order chi connectivity index (χ0) is 22.0. The number of aliphatic imine (C=N–C) groups is 1. The Morgan fingerprint density at radius 3 is 2.45 bits per heavy atom. The van der Waals surface area contributed by atoms with Crippen LogP contribution >= 0.6 is 0 Å². The number of carbonyl (C=O) groups excluding carboxylic acids is 1. The number of carbonyl (C=O) groups is 1. The van der Waals surface area contributed by atoms with E-state index in [4.69, 9.17) is 5.73 Å². The van der Waals surface area contributed by atoms with E-state index in [1.54, 1.807) is 19.2 Å². The van der Waals surface area contributed by atoms with Gasteiger partial charge < -0.3 is 5.73 Å². The lowest BCUT2D eigenvalue weighted by Gasteiger charge is -2.45. The van der Waals surface area contributed by atoms with Crippen LogP contribution in [0.4, 0.5) is 8.78 Å². The van der Waals surface area contributed by atoms with Gasteiger partial charge in [-0.2, -0.15) is 5.26 Å². The van der Waals surface area contributed by atoms with Crippen molar-refractivity contribution in [2.24, 2.45) is 16.1 Å². The third kappa shape index (κ3) is 2.64. The summed E-state index contributed by atoms with van der Waals surface area (Å²) in [6.45, 7) is 0. The molecule has 5 rings (SSSR count). The molecule has 0 bridgehead atoms. The van der Waals surface area contributed by atoms with E-state index in [0.717, 1.165) is 22.3 Å². The third-order valence-electron chi connectivity index (χ3n) is 7.30. The van der Waals surface area contributed by atoms with Crippen LogP contribution < -0.4 is 5.73 Å². The Bertz CT molecular complexity index is 1170. The highest BCUT2D eigenvalue weighted by molar-refractivity contribution is 6.08. The molecule has 2 aromatic rings. The summed E-state index contributed by atoms with van der Waals surface area (Å²) in [6, 6.07) is 15.2. The van der Waals surface area contributed by atoms with Gasteiger partial charge in [-0.25, -0.2) is 13.8 Å². The topological polar surface area (TPSA) is 82.5 Å².